The van der Waals surface area contributed by atoms with E-state index in [1.807, 2.05) is 51.2 Å². The number of carbonyl (C=O) groups excluding carboxylic acids is 1. The molecule has 0 bridgehead atoms. The molecule has 2 N–H and O–H groups in total. The van der Waals surface area contributed by atoms with Crippen LogP contribution < -0.4 is 10.6 Å². The van der Waals surface area contributed by atoms with Crippen LogP contribution >= 0.6 is 11.6 Å². The Morgan fingerprint density at radius 2 is 1.68 bits per heavy atom. The second-order valence-electron chi connectivity index (χ2n) is 11.5. The Kier molecular flexibility index (Phi) is 11.4. The topological polar surface area (TPSA) is 71.0 Å². The van der Waals surface area contributed by atoms with Crippen molar-refractivity contribution in [3.8, 4) is 0 Å². The maximum absolute atomic E-state index is 14.5. The number of fused-ring (bicyclic) bond motifs is 1. The summed E-state index contributed by atoms with van der Waals surface area (Å²) >= 11 is 6.00. The van der Waals surface area contributed by atoms with Gasteiger partial charge in [-0.1, -0.05) is 23.7 Å². The number of alkyl carbamates (subject to hydrolysis) is 1. The van der Waals surface area contributed by atoms with Gasteiger partial charge in [0.1, 0.15) is 11.4 Å². The molecule has 0 unspecified atom stereocenters. The van der Waals surface area contributed by atoms with Gasteiger partial charge in [-0.2, -0.15) is 0 Å². The van der Waals surface area contributed by atoms with E-state index >= 15 is 0 Å². The summed E-state index contributed by atoms with van der Waals surface area (Å²) in [6.07, 6.45) is 1.64. The Hall–Kier alpha value is -2.69. The highest BCUT2D eigenvalue weighted by Gasteiger charge is 2.18. The summed E-state index contributed by atoms with van der Waals surface area (Å²) in [4.78, 5) is 16.5. The molecule has 3 aromatic rings. The molecule has 0 spiro atoms. The second kappa shape index (κ2) is 15.0. The molecule has 1 saturated heterocycles. The molecule has 1 amide bonds. The number of carbonyl (C=O) groups is 1. The number of aromatic nitrogens is 1. The molecule has 41 heavy (non-hydrogen) atoms. The van der Waals surface area contributed by atoms with Gasteiger partial charge in [-0.25, -0.2) is 9.18 Å². The van der Waals surface area contributed by atoms with Crippen LogP contribution in [0.25, 0.3) is 10.9 Å². The highest BCUT2D eigenvalue weighted by molar-refractivity contribution is 6.30. The number of rotatable bonds is 13. The van der Waals surface area contributed by atoms with E-state index in [4.69, 9.17) is 21.1 Å². The van der Waals surface area contributed by atoms with Gasteiger partial charge in [0.2, 0.25) is 0 Å². The van der Waals surface area contributed by atoms with Gasteiger partial charge in [-0.15, -0.1) is 0 Å². The van der Waals surface area contributed by atoms with Gasteiger partial charge in [0.15, 0.2) is 0 Å². The molecule has 0 radical (unpaired) electrons. The van der Waals surface area contributed by atoms with Crippen LogP contribution in [0.2, 0.25) is 5.02 Å². The van der Waals surface area contributed by atoms with Crippen LogP contribution in [-0.4, -0.2) is 91.6 Å². The van der Waals surface area contributed by atoms with Crippen LogP contribution in [-0.2, 0) is 22.6 Å². The molecular formula is C31H43ClFN5O3. The van der Waals surface area contributed by atoms with E-state index in [-0.39, 0.29) is 11.9 Å². The lowest BCUT2D eigenvalue weighted by Crippen LogP contribution is -2.49. The third-order valence-corrected chi connectivity index (χ3v) is 7.31. The van der Waals surface area contributed by atoms with Crippen molar-refractivity contribution in [3.05, 3.63) is 70.6 Å². The predicted molar refractivity (Wildman–Crippen MR) is 162 cm³/mol. The Morgan fingerprint density at radius 3 is 2.39 bits per heavy atom. The lowest BCUT2D eigenvalue weighted by atomic mass is 10.1. The summed E-state index contributed by atoms with van der Waals surface area (Å²) in [6.45, 7) is 15.0. The van der Waals surface area contributed by atoms with Gasteiger partial charge < -0.3 is 24.7 Å². The monoisotopic (exact) mass is 587 g/mol. The molecule has 1 aromatic heterocycles. The second-order valence-corrected chi connectivity index (χ2v) is 11.9. The fraction of sp³-hybridized carbons (Fsp3) is 0.516. The van der Waals surface area contributed by atoms with Gasteiger partial charge in [0, 0.05) is 82.1 Å². The summed E-state index contributed by atoms with van der Waals surface area (Å²) in [5.74, 6) is -0.235. The fourth-order valence-corrected chi connectivity index (χ4v) is 5.06. The molecule has 1 aliphatic rings. The van der Waals surface area contributed by atoms with Crippen molar-refractivity contribution in [2.24, 2.45) is 0 Å². The molecule has 0 saturated carbocycles. The molecule has 1 aliphatic heterocycles. The normalized spacial score (nSPS) is 15.0. The Labute approximate surface area is 247 Å². The maximum Gasteiger partial charge on any atom is 0.407 e. The highest BCUT2D eigenvalue weighted by Crippen LogP contribution is 2.23. The SMILES string of the molecule is CC(C)(C)OC(=O)NCCN1CCN(CCOCCNCc2cc(F)cc3c2ccn3Cc2ccc(Cl)cc2)CC1. The minimum absolute atomic E-state index is 0.235. The number of piperazine rings is 1. The van der Waals surface area contributed by atoms with Crippen LogP contribution in [0.5, 0.6) is 0 Å². The Balaban J connectivity index is 1.09. The first-order valence-corrected chi connectivity index (χ1v) is 14.8. The number of amides is 1. The molecule has 10 heteroatoms. The fourth-order valence-electron chi connectivity index (χ4n) is 4.93. The minimum atomic E-state index is -0.478. The van der Waals surface area contributed by atoms with Crippen LogP contribution in [0.3, 0.4) is 0 Å². The maximum atomic E-state index is 14.5. The van der Waals surface area contributed by atoms with E-state index < -0.39 is 5.60 Å². The number of hydrogen-bond donors (Lipinski definition) is 2. The van der Waals surface area contributed by atoms with Crippen molar-refractivity contribution in [3.63, 3.8) is 0 Å². The van der Waals surface area contributed by atoms with Gasteiger partial charge in [-0.3, -0.25) is 9.80 Å². The van der Waals surface area contributed by atoms with Gasteiger partial charge in [0.05, 0.1) is 18.7 Å². The molecule has 2 aromatic carbocycles. The summed E-state index contributed by atoms with van der Waals surface area (Å²) in [7, 11) is 0. The molecule has 0 atom stereocenters. The minimum Gasteiger partial charge on any atom is -0.444 e. The molecule has 8 nitrogen and oxygen atoms in total. The van der Waals surface area contributed by atoms with Crippen LogP contribution in [0, 0.1) is 5.82 Å². The van der Waals surface area contributed by atoms with E-state index in [1.54, 1.807) is 12.1 Å². The Morgan fingerprint density at radius 1 is 0.976 bits per heavy atom. The first-order chi connectivity index (χ1) is 19.7. The van der Waals surface area contributed by atoms with E-state index in [0.717, 1.165) is 61.3 Å². The van der Waals surface area contributed by atoms with Crippen molar-refractivity contribution in [1.82, 2.24) is 25.0 Å². The van der Waals surface area contributed by atoms with E-state index in [9.17, 15) is 9.18 Å². The number of benzene rings is 2. The molecule has 224 valence electrons. The van der Waals surface area contributed by atoms with E-state index in [2.05, 4.69) is 31.1 Å². The van der Waals surface area contributed by atoms with Crippen molar-refractivity contribution < 1.29 is 18.7 Å². The molecule has 2 heterocycles. The smallest absolute Gasteiger partial charge is 0.407 e. The Bertz CT molecular complexity index is 1250. The predicted octanol–water partition coefficient (Wildman–Crippen LogP) is 4.73. The van der Waals surface area contributed by atoms with Crippen molar-refractivity contribution >= 4 is 28.6 Å². The number of halogens is 2. The zero-order valence-electron chi connectivity index (χ0n) is 24.4. The number of hydrogen-bond acceptors (Lipinski definition) is 6. The van der Waals surface area contributed by atoms with Crippen molar-refractivity contribution in [1.29, 1.82) is 0 Å². The first kappa shape index (κ1) is 31.3. The van der Waals surface area contributed by atoms with Crippen LogP contribution in [0.4, 0.5) is 9.18 Å². The van der Waals surface area contributed by atoms with Crippen molar-refractivity contribution in [2.75, 3.05) is 65.6 Å². The zero-order chi connectivity index (χ0) is 29.2. The average molecular weight is 588 g/mol. The van der Waals surface area contributed by atoms with Crippen molar-refractivity contribution in [2.45, 2.75) is 39.5 Å². The standard InChI is InChI=1S/C31H43ClFN5O3/c1-31(2,3)41-30(39)35-9-12-36-13-15-37(16-14-36)17-19-40-18-10-34-22-25-20-27(33)21-29-28(25)8-11-38(29)23-24-4-6-26(32)7-5-24/h4-8,11,20-21,34H,9-10,12-19,22-23H2,1-3H3,(H,35,39). The number of ether oxygens (including phenoxy) is 2. The summed E-state index contributed by atoms with van der Waals surface area (Å²) in [6, 6.07) is 13.0. The van der Waals surface area contributed by atoms with Gasteiger partial charge in [0.25, 0.3) is 0 Å². The molecular weight excluding hydrogens is 545 g/mol. The van der Waals surface area contributed by atoms with E-state index in [1.165, 1.54) is 0 Å². The summed E-state index contributed by atoms with van der Waals surface area (Å²) in [5, 5.41) is 7.97. The van der Waals surface area contributed by atoms with E-state index in [0.29, 0.717) is 44.4 Å². The lowest BCUT2D eigenvalue weighted by molar-refractivity contribution is 0.0509. The van der Waals surface area contributed by atoms with Gasteiger partial charge in [-0.05, 0) is 62.2 Å². The summed E-state index contributed by atoms with van der Waals surface area (Å²) in [5.41, 5.74) is 2.46. The lowest BCUT2D eigenvalue weighted by Gasteiger charge is -2.34. The van der Waals surface area contributed by atoms with Crippen LogP contribution in [0.15, 0.2) is 48.7 Å². The number of nitrogens with zero attached hydrogens (tertiary/aromatic N) is 3. The van der Waals surface area contributed by atoms with Gasteiger partial charge >= 0.3 is 6.09 Å². The quantitative estimate of drug-likeness (QED) is 0.282. The molecule has 4 rings (SSSR count). The highest BCUT2D eigenvalue weighted by atomic mass is 35.5. The largest absolute Gasteiger partial charge is 0.444 e. The first-order valence-electron chi connectivity index (χ1n) is 14.4. The number of nitrogens with one attached hydrogen (secondary N) is 2. The summed E-state index contributed by atoms with van der Waals surface area (Å²) < 4.78 is 27.7. The van der Waals surface area contributed by atoms with Crippen LogP contribution in [0.1, 0.15) is 31.9 Å². The molecule has 1 fully saturated rings. The third kappa shape index (κ3) is 10.3. The molecule has 0 aliphatic carbocycles. The third-order valence-electron chi connectivity index (χ3n) is 7.06. The average Bonchev–Trinajstić information content (AvgIpc) is 3.31. The zero-order valence-corrected chi connectivity index (χ0v) is 25.2.